The Kier molecular flexibility index (Phi) is 5.71. The number of imidazole rings is 1. The van der Waals surface area contributed by atoms with E-state index in [4.69, 9.17) is 0 Å². The minimum Gasteiger partial charge on any atom is -0.334 e. The number of hydrogen-bond acceptors (Lipinski definition) is 3. The molecule has 0 fully saturated rings. The van der Waals surface area contributed by atoms with Crippen LogP contribution in [0.4, 0.5) is 0 Å². The predicted octanol–water partition coefficient (Wildman–Crippen LogP) is 2.10. The Balaban J connectivity index is 2.66. The monoisotopic (exact) mass is 265 g/mol. The third-order valence-corrected chi connectivity index (χ3v) is 3.58. The fourth-order valence-corrected chi connectivity index (χ4v) is 2.41. The number of aromatic nitrogens is 2. The van der Waals surface area contributed by atoms with Crippen molar-refractivity contribution in [2.24, 2.45) is 7.05 Å². The molecule has 0 N–H and O–H groups in total. The van der Waals surface area contributed by atoms with Crippen LogP contribution in [-0.2, 0) is 11.8 Å². The van der Waals surface area contributed by atoms with E-state index in [0.717, 1.165) is 5.16 Å². The molecule has 0 aromatic carbocycles. The number of hydrogen-bond donors (Lipinski definition) is 0. The van der Waals surface area contributed by atoms with Gasteiger partial charge in [-0.2, -0.15) is 0 Å². The van der Waals surface area contributed by atoms with Crippen molar-refractivity contribution in [3.05, 3.63) is 37.7 Å². The summed E-state index contributed by atoms with van der Waals surface area (Å²) in [6, 6.07) is 0. The highest BCUT2D eigenvalue weighted by Crippen LogP contribution is 2.22. The van der Waals surface area contributed by atoms with Crippen LogP contribution in [0, 0.1) is 0 Å². The lowest BCUT2D eigenvalue weighted by molar-refractivity contribution is -0.129. The second kappa shape index (κ2) is 7.06. The molecule has 1 aromatic heterocycles. The van der Waals surface area contributed by atoms with Crippen molar-refractivity contribution < 1.29 is 4.79 Å². The summed E-state index contributed by atoms with van der Waals surface area (Å²) in [5, 5.41) is 0.666. The lowest BCUT2D eigenvalue weighted by Gasteiger charge is -2.22. The Morgan fingerprint density at radius 1 is 1.56 bits per heavy atom. The molecule has 0 aliphatic rings. The first kappa shape index (κ1) is 14.6. The van der Waals surface area contributed by atoms with Crippen LogP contribution in [0.5, 0.6) is 0 Å². The normalized spacial score (nSPS) is 11.9. The molecule has 0 saturated carbocycles. The van der Waals surface area contributed by atoms with Crippen molar-refractivity contribution >= 4 is 17.7 Å². The molecule has 5 heteroatoms. The van der Waals surface area contributed by atoms with Crippen molar-refractivity contribution in [1.82, 2.24) is 14.5 Å². The van der Waals surface area contributed by atoms with Gasteiger partial charge in [-0.05, 0) is 6.92 Å². The molecule has 1 atom stereocenters. The van der Waals surface area contributed by atoms with Gasteiger partial charge in [0.15, 0.2) is 5.16 Å². The molecule has 1 amide bonds. The van der Waals surface area contributed by atoms with Gasteiger partial charge in [-0.15, -0.1) is 13.2 Å². The molecule has 0 aliphatic carbocycles. The first-order chi connectivity index (χ1) is 8.60. The van der Waals surface area contributed by atoms with Gasteiger partial charge in [0.05, 0.1) is 5.25 Å². The quantitative estimate of drug-likeness (QED) is 0.560. The molecule has 1 unspecified atom stereocenters. The molecule has 1 heterocycles. The number of thioether (sulfide) groups is 1. The Labute approximate surface area is 112 Å². The van der Waals surface area contributed by atoms with Crippen molar-refractivity contribution in [3.63, 3.8) is 0 Å². The SMILES string of the molecule is C=CCN(CC=C)C(=O)C(C)Sc1nccn1C. The number of carbonyl (C=O) groups is 1. The molecule has 0 bridgehead atoms. The standard InChI is InChI=1S/C13H19N3OS/c1-5-8-16(9-6-2)12(17)11(3)18-13-14-7-10-15(13)4/h5-7,10-11H,1-2,8-9H2,3-4H3. The van der Waals surface area contributed by atoms with Gasteiger partial charge in [0.2, 0.25) is 5.91 Å². The van der Waals surface area contributed by atoms with Gasteiger partial charge in [-0.3, -0.25) is 4.79 Å². The maximum Gasteiger partial charge on any atom is 0.236 e. The van der Waals surface area contributed by atoms with E-state index >= 15 is 0 Å². The summed E-state index contributed by atoms with van der Waals surface area (Å²) in [7, 11) is 1.91. The summed E-state index contributed by atoms with van der Waals surface area (Å²) in [4.78, 5) is 18.2. The van der Waals surface area contributed by atoms with Crippen LogP contribution in [0.3, 0.4) is 0 Å². The first-order valence-electron chi connectivity index (χ1n) is 5.74. The second-order valence-corrected chi connectivity index (χ2v) is 5.21. The van der Waals surface area contributed by atoms with Crippen LogP contribution in [0.25, 0.3) is 0 Å². The zero-order valence-corrected chi connectivity index (χ0v) is 11.7. The number of rotatable bonds is 7. The van der Waals surface area contributed by atoms with Crippen LogP contribution in [0.2, 0.25) is 0 Å². The lowest BCUT2D eigenvalue weighted by Crippen LogP contribution is -2.36. The van der Waals surface area contributed by atoms with Crippen LogP contribution in [0.15, 0.2) is 42.9 Å². The second-order valence-electron chi connectivity index (χ2n) is 3.90. The molecule has 0 radical (unpaired) electrons. The largest absolute Gasteiger partial charge is 0.334 e. The molecular weight excluding hydrogens is 246 g/mol. The highest BCUT2D eigenvalue weighted by atomic mass is 32.2. The van der Waals surface area contributed by atoms with Crippen LogP contribution in [-0.4, -0.2) is 38.7 Å². The van der Waals surface area contributed by atoms with Crippen LogP contribution < -0.4 is 0 Å². The van der Waals surface area contributed by atoms with Gasteiger partial charge in [0.1, 0.15) is 0 Å². The molecule has 1 aromatic rings. The number of aryl methyl sites for hydroxylation is 1. The molecular formula is C13H19N3OS. The van der Waals surface area contributed by atoms with E-state index < -0.39 is 0 Å². The van der Waals surface area contributed by atoms with E-state index in [1.165, 1.54) is 11.8 Å². The van der Waals surface area contributed by atoms with Crippen LogP contribution in [0.1, 0.15) is 6.92 Å². The fraction of sp³-hybridized carbons (Fsp3) is 0.385. The lowest BCUT2D eigenvalue weighted by atomic mass is 10.3. The Hall–Kier alpha value is -1.49. The van der Waals surface area contributed by atoms with E-state index in [-0.39, 0.29) is 11.2 Å². The van der Waals surface area contributed by atoms with Crippen molar-refractivity contribution in [2.75, 3.05) is 13.1 Å². The third-order valence-electron chi connectivity index (χ3n) is 2.42. The minimum atomic E-state index is -0.175. The summed E-state index contributed by atoms with van der Waals surface area (Å²) in [5.41, 5.74) is 0. The Morgan fingerprint density at radius 3 is 2.61 bits per heavy atom. The zero-order valence-electron chi connectivity index (χ0n) is 10.9. The first-order valence-corrected chi connectivity index (χ1v) is 6.62. The van der Waals surface area contributed by atoms with Gasteiger partial charge < -0.3 is 9.47 Å². The maximum absolute atomic E-state index is 12.2. The predicted molar refractivity (Wildman–Crippen MR) is 75.5 cm³/mol. The number of nitrogens with zero attached hydrogens (tertiary/aromatic N) is 3. The highest BCUT2D eigenvalue weighted by Gasteiger charge is 2.21. The van der Waals surface area contributed by atoms with Gasteiger partial charge in [-0.1, -0.05) is 23.9 Å². The van der Waals surface area contributed by atoms with E-state index in [1.807, 2.05) is 24.7 Å². The van der Waals surface area contributed by atoms with E-state index in [0.29, 0.717) is 13.1 Å². The average Bonchev–Trinajstić information content (AvgIpc) is 2.74. The average molecular weight is 265 g/mol. The van der Waals surface area contributed by atoms with E-state index in [9.17, 15) is 4.79 Å². The Bertz CT molecular complexity index is 418. The summed E-state index contributed by atoms with van der Waals surface area (Å²) in [5.74, 6) is 0.0720. The topological polar surface area (TPSA) is 38.1 Å². The smallest absolute Gasteiger partial charge is 0.236 e. The summed E-state index contributed by atoms with van der Waals surface area (Å²) in [6.45, 7) is 10.3. The minimum absolute atomic E-state index is 0.0720. The molecule has 18 heavy (non-hydrogen) atoms. The molecule has 0 spiro atoms. The van der Waals surface area contributed by atoms with Gasteiger partial charge in [0, 0.05) is 32.5 Å². The molecule has 1 rings (SSSR count). The number of carbonyl (C=O) groups excluding carboxylic acids is 1. The molecule has 4 nitrogen and oxygen atoms in total. The van der Waals surface area contributed by atoms with E-state index in [1.54, 1.807) is 23.2 Å². The highest BCUT2D eigenvalue weighted by molar-refractivity contribution is 8.00. The van der Waals surface area contributed by atoms with Crippen molar-refractivity contribution in [1.29, 1.82) is 0 Å². The maximum atomic E-state index is 12.2. The third kappa shape index (κ3) is 3.77. The summed E-state index contributed by atoms with van der Waals surface area (Å²) >= 11 is 1.46. The van der Waals surface area contributed by atoms with Crippen molar-refractivity contribution in [2.45, 2.75) is 17.3 Å². The van der Waals surface area contributed by atoms with Gasteiger partial charge in [-0.25, -0.2) is 4.98 Å². The zero-order chi connectivity index (χ0) is 13.5. The molecule has 0 saturated heterocycles. The molecule has 0 aliphatic heterocycles. The van der Waals surface area contributed by atoms with Gasteiger partial charge >= 0.3 is 0 Å². The molecule has 98 valence electrons. The Morgan fingerprint density at radius 2 is 2.17 bits per heavy atom. The number of amides is 1. The van der Waals surface area contributed by atoms with E-state index in [2.05, 4.69) is 18.1 Å². The van der Waals surface area contributed by atoms with Crippen molar-refractivity contribution in [3.8, 4) is 0 Å². The van der Waals surface area contributed by atoms with Crippen LogP contribution >= 0.6 is 11.8 Å². The van der Waals surface area contributed by atoms with Gasteiger partial charge in [0.25, 0.3) is 0 Å². The summed E-state index contributed by atoms with van der Waals surface area (Å²) in [6.07, 6.45) is 7.04. The summed E-state index contributed by atoms with van der Waals surface area (Å²) < 4.78 is 1.90. The fourth-order valence-electron chi connectivity index (χ4n) is 1.50.